The highest BCUT2D eigenvalue weighted by molar-refractivity contribution is 5.85. The van der Waals surface area contributed by atoms with Gasteiger partial charge in [0.2, 0.25) is 0 Å². The number of benzene rings is 2. The molecular weight excluding hydrogens is 232 g/mol. The average Bonchev–Trinajstić information content (AvgIpc) is 2.47. The van der Waals surface area contributed by atoms with Gasteiger partial charge in [0.05, 0.1) is 0 Å². The van der Waals surface area contributed by atoms with Gasteiger partial charge in [-0.25, -0.2) is 0 Å². The zero-order chi connectivity index (χ0) is 13.1. The molecular formula is C17H22N2. The van der Waals surface area contributed by atoms with Gasteiger partial charge in [-0.3, -0.25) is 0 Å². The van der Waals surface area contributed by atoms with Gasteiger partial charge in [0.1, 0.15) is 0 Å². The lowest BCUT2D eigenvalue weighted by Gasteiger charge is -2.29. The number of rotatable bonds is 3. The first kappa shape index (κ1) is 12.6. The number of likely N-dealkylation sites (tertiary alicyclic amines) is 1. The second-order valence-electron chi connectivity index (χ2n) is 5.60. The van der Waals surface area contributed by atoms with E-state index in [0.29, 0.717) is 6.04 Å². The van der Waals surface area contributed by atoms with Gasteiger partial charge in [0.15, 0.2) is 0 Å². The molecule has 1 saturated heterocycles. The maximum Gasteiger partial charge on any atom is 0.0214 e. The van der Waals surface area contributed by atoms with Crippen molar-refractivity contribution < 1.29 is 0 Å². The Morgan fingerprint density at radius 1 is 1.05 bits per heavy atom. The molecule has 1 heterocycles. The van der Waals surface area contributed by atoms with E-state index in [4.69, 9.17) is 0 Å². The second-order valence-corrected chi connectivity index (χ2v) is 5.60. The first-order chi connectivity index (χ1) is 9.33. The molecule has 0 aromatic heterocycles. The van der Waals surface area contributed by atoms with Crippen molar-refractivity contribution in [1.82, 2.24) is 10.2 Å². The molecule has 0 amide bonds. The van der Waals surface area contributed by atoms with Gasteiger partial charge < -0.3 is 10.2 Å². The van der Waals surface area contributed by atoms with E-state index < -0.39 is 0 Å². The lowest BCUT2D eigenvalue weighted by Crippen LogP contribution is -2.40. The fourth-order valence-electron chi connectivity index (χ4n) is 2.91. The van der Waals surface area contributed by atoms with Gasteiger partial charge in [0.25, 0.3) is 0 Å². The number of hydrogen-bond acceptors (Lipinski definition) is 2. The molecule has 0 spiro atoms. The molecule has 0 unspecified atom stereocenters. The minimum Gasteiger partial charge on any atom is -0.310 e. The molecule has 2 aromatic carbocycles. The van der Waals surface area contributed by atoms with Crippen molar-refractivity contribution in [2.45, 2.75) is 25.4 Å². The third-order valence-corrected chi connectivity index (χ3v) is 4.18. The van der Waals surface area contributed by atoms with Crippen LogP contribution < -0.4 is 5.32 Å². The van der Waals surface area contributed by atoms with Gasteiger partial charge >= 0.3 is 0 Å². The predicted octanol–water partition coefficient (Wildman–Crippen LogP) is 3.02. The smallest absolute Gasteiger partial charge is 0.0214 e. The zero-order valence-electron chi connectivity index (χ0n) is 11.6. The van der Waals surface area contributed by atoms with Gasteiger partial charge in [-0.15, -0.1) is 0 Å². The Hall–Kier alpha value is -1.38. The van der Waals surface area contributed by atoms with Crippen LogP contribution in [0.2, 0.25) is 0 Å². The fourth-order valence-corrected chi connectivity index (χ4v) is 2.91. The van der Waals surface area contributed by atoms with Crippen molar-refractivity contribution in [1.29, 1.82) is 0 Å². The second kappa shape index (κ2) is 5.72. The van der Waals surface area contributed by atoms with Gasteiger partial charge in [-0.05, 0) is 49.3 Å². The molecule has 2 nitrogen and oxygen atoms in total. The standard InChI is InChI=1S/C17H22N2/c1-19-11-9-16(10-12-19)18-13-15-7-4-6-14-5-2-3-8-17(14)15/h2-8,16,18H,9-13H2,1H3. The third kappa shape index (κ3) is 2.96. The Kier molecular flexibility index (Phi) is 3.81. The molecule has 2 heteroatoms. The van der Waals surface area contributed by atoms with Crippen molar-refractivity contribution in [2.24, 2.45) is 0 Å². The summed E-state index contributed by atoms with van der Waals surface area (Å²) in [5.41, 5.74) is 1.41. The van der Waals surface area contributed by atoms with E-state index in [1.54, 1.807) is 0 Å². The summed E-state index contributed by atoms with van der Waals surface area (Å²) in [4.78, 5) is 2.41. The SMILES string of the molecule is CN1CCC(NCc2cccc3ccccc23)CC1. The fraction of sp³-hybridized carbons (Fsp3) is 0.412. The Morgan fingerprint density at radius 3 is 2.63 bits per heavy atom. The summed E-state index contributed by atoms with van der Waals surface area (Å²) in [6, 6.07) is 15.9. The molecule has 1 fully saturated rings. The molecule has 0 bridgehead atoms. The predicted molar refractivity (Wildman–Crippen MR) is 81.3 cm³/mol. The third-order valence-electron chi connectivity index (χ3n) is 4.18. The van der Waals surface area contributed by atoms with Crippen LogP contribution in [0.15, 0.2) is 42.5 Å². The first-order valence-electron chi connectivity index (χ1n) is 7.21. The molecule has 2 aromatic rings. The highest BCUT2D eigenvalue weighted by Crippen LogP contribution is 2.19. The summed E-state index contributed by atoms with van der Waals surface area (Å²) in [5.74, 6) is 0. The molecule has 1 N–H and O–H groups in total. The van der Waals surface area contributed by atoms with Crippen molar-refractivity contribution >= 4 is 10.8 Å². The van der Waals surface area contributed by atoms with Crippen LogP contribution in [0.25, 0.3) is 10.8 Å². The van der Waals surface area contributed by atoms with Crippen LogP contribution in [0.3, 0.4) is 0 Å². The Balaban J connectivity index is 1.68. The van der Waals surface area contributed by atoms with Gasteiger partial charge in [-0.1, -0.05) is 42.5 Å². The van der Waals surface area contributed by atoms with E-state index >= 15 is 0 Å². The molecule has 1 aliphatic heterocycles. The zero-order valence-corrected chi connectivity index (χ0v) is 11.6. The minimum atomic E-state index is 0.676. The summed E-state index contributed by atoms with van der Waals surface area (Å²) in [6.07, 6.45) is 2.53. The number of fused-ring (bicyclic) bond motifs is 1. The van der Waals surface area contributed by atoms with Crippen LogP contribution in [0, 0.1) is 0 Å². The van der Waals surface area contributed by atoms with E-state index in [1.165, 1.54) is 42.3 Å². The summed E-state index contributed by atoms with van der Waals surface area (Å²) in [6.45, 7) is 3.41. The van der Waals surface area contributed by atoms with Crippen LogP contribution in [-0.4, -0.2) is 31.1 Å². The van der Waals surface area contributed by atoms with Gasteiger partial charge in [-0.2, -0.15) is 0 Å². The molecule has 3 rings (SSSR count). The summed E-state index contributed by atoms with van der Waals surface area (Å²) in [7, 11) is 2.21. The van der Waals surface area contributed by atoms with E-state index in [9.17, 15) is 0 Å². The van der Waals surface area contributed by atoms with E-state index in [-0.39, 0.29) is 0 Å². The highest BCUT2D eigenvalue weighted by atomic mass is 15.1. The van der Waals surface area contributed by atoms with Crippen LogP contribution >= 0.6 is 0 Å². The number of nitrogens with zero attached hydrogens (tertiary/aromatic N) is 1. The number of piperidine rings is 1. The Bertz CT molecular complexity index is 536. The van der Waals surface area contributed by atoms with Crippen LogP contribution in [0.4, 0.5) is 0 Å². The van der Waals surface area contributed by atoms with E-state index in [1.807, 2.05) is 0 Å². The molecule has 19 heavy (non-hydrogen) atoms. The number of hydrogen-bond donors (Lipinski definition) is 1. The lowest BCUT2D eigenvalue weighted by atomic mass is 10.0. The van der Waals surface area contributed by atoms with Crippen molar-refractivity contribution in [3.05, 3.63) is 48.0 Å². The van der Waals surface area contributed by atoms with Gasteiger partial charge in [0, 0.05) is 12.6 Å². The summed E-state index contributed by atoms with van der Waals surface area (Å²) >= 11 is 0. The van der Waals surface area contributed by atoms with E-state index in [2.05, 4.69) is 59.7 Å². The Labute approximate surface area is 115 Å². The van der Waals surface area contributed by atoms with Crippen molar-refractivity contribution in [3.63, 3.8) is 0 Å². The van der Waals surface area contributed by atoms with Crippen molar-refractivity contribution in [2.75, 3.05) is 20.1 Å². The quantitative estimate of drug-likeness (QED) is 0.905. The normalized spacial score (nSPS) is 17.9. The maximum atomic E-state index is 3.72. The van der Waals surface area contributed by atoms with Crippen LogP contribution in [0.1, 0.15) is 18.4 Å². The lowest BCUT2D eigenvalue weighted by molar-refractivity contribution is 0.234. The first-order valence-corrected chi connectivity index (χ1v) is 7.21. The van der Waals surface area contributed by atoms with Crippen LogP contribution in [0.5, 0.6) is 0 Å². The van der Waals surface area contributed by atoms with Crippen LogP contribution in [-0.2, 0) is 6.54 Å². The van der Waals surface area contributed by atoms with E-state index in [0.717, 1.165) is 6.54 Å². The number of nitrogens with one attached hydrogen (secondary N) is 1. The summed E-state index contributed by atoms with van der Waals surface area (Å²) in [5, 5.41) is 6.44. The maximum absolute atomic E-state index is 3.72. The van der Waals surface area contributed by atoms with Crippen molar-refractivity contribution in [3.8, 4) is 0 Å². The highest BCUT2D eigenvalue weighted by Gasteiger charge is 2.15. The summed E-state index contributed by atoms with van der Waals surface area (Å²) < 4.78 is 0. The monoisotopic (exact) mass is 254 g/mol. The Morgan fingerprint density at radius 2 is 1.79 bits per heavy atom. The molecule has 0 atom stereocenters. The minimum absolute atomic E-state index is 0.676. The molecule has 1 aliphatic rings. The largest absolute Gasteiger partial charge is 0.310 e. The molecule has 0 saturated carbocycles. The topological polar surface area (TPSA) is 15.3 Å². The average molecular weight is 254 g/mol. The molecule has 100 valence electrons. The molecule has 0 radical (unpaired) electrons. The molecule has 0 aliphatic carbocycles.